The van der Waals surface area contributed by atoms with Gasteiger partial charge in [0.15, 0.2) is 6.61 Å². The third-order valence-electron chi connectivity index (χ3n) is 5.03. The van der Waals surface area contributed by atoms with Crippen LogP contribution in [0.15, 0.2) is 53.9 Å². The number of nitrogens with zero attached hydrogens (tertiary/aromatic N) is 2. The summed E-state index contributed by atoms with van der Waals surface area (Å²) in [5, 5.41) is 2.74. The van der Waals surface area contributed by atoms with Crippen molar-refractivity contribution in [2.24, 2.45) is 0 Å². The zero-order chi connectivity index (χ0) is 20.2. The molecule has 0 N–H and O–H groups in total. The second-order valence-electron chi connectivity index (χ2n) is 6.96. The highest BCUT2D eigenvalue weighted by molar-refractivity contribution is 7.13. The molecule has 29 heavy (non-hydrogen) atoms. The topological polar surface area (TPSA) is 59.5 Å². The lowest BCUT2D eigenvalue weighted by Crippen LogP contribution is -2.33. The highest BCUT2D eigenvalue weighted by Crippen LogP contribution is 2.27. The van der Waals surface area contributed by atoms with E-state index in [4.69, 9.17) is 4.74 Å². The third kappa shape index (κ3) is 4.38. The van der Waals surface area contributed by atoms with Crippen LogP contribution in [0, 0.1) is 0 Å². The van der Waals surface area contributed by atoms with Gasteiger partial charge in [-0.05, 0) is 30.0 Å². The number of benzene rings is 2. The Bertz CT molecular complexity index is 1030. The number of rotatable bonds is 6. The Labute approximate surface area is 174 Å². The molecule has 0 fully saturated rings. The smallest absolute Gasteiger partial charge is 0.312 e. The number of aromatic nitrogens is 1. The number of hydrogen-bond acceptors (Lipinski definition) is 5. The summed E-state index contributed by atoms with van der Waals surface area (Å²) in [6.07, 6.45) is 1.89. The van der Waals surface area contributed by atoms with Crippen molar-refractivity contribution in [1.82, 2.24) is 4.98 Å². The molecule has 0 saturated heterocycles. The molecule has 1 aliphatic rings. The summed E-state index contributed by atoms with van der Waals surface area (Å²) >= 11 is 1.50. The maximum absolute atomic E-state index is 12.4. The Morgan fingerprint density at radius 1 is 1.14 bits per heavy atom. The highest BCUT2D eigenvalue weighted by atomic mass is 32.1. The van der Waals surface area contributed by atoms with Crippen molar-refractivity contribution in [3.8, 4) is 10.6 Å². The Balaban J connectivity index is 1.31. The van der Waals surface area contributed by atoms with Crippen molar-refractivity contribution in [2.45, 2.75) is 26.2 Å². The fraction of sp³-hybridized carbons (Fsp3) is 0.261. The molecule has 2 aromatic carbocycles. The van der Waals surface area contributed by atoms with E-state index in [1.54, 1.807) is 4.90 Å². The van der Waals surface area contributed by atoms with Gasteiger partial charge in [-0.3, -0.25) is 9.59 Å². The molecule has 4 rings (SSSR count). The molecule has 6 heteroatoms. The minimum absolute atomic E-state index is 0.0629. The van der Waals surface area contributed by atoms with Gasteiger partial charge in [-0.2, -0.15) is 0 Å². The van der Waals surface area contributed by atoms with Gasteiger partial charge in [0.25, 0.3) is 5.91 Å². The lowest BCUT2D eigenvalue weighted by molar-refractivity contribution is -0.147. The summed E-state index contributed by atoms with van der Waals surface area (Å²) in [6.45, 7) is 2.50. The Hall–Kier alpha value is -2.99. The largest absolute Gasteiger partial charge is 0.455 e. The van der Waals surface area contributed by atoms with E-state index in [0.717, 1.165) is 34.7 Å². The first-order valence-corrected chi connectivity index (χ1v) is 10.6. The number of esters is 1. The summed E-state index contributed by atoms with van der Waals surface area (Å²) in [5.74, 6) is -0.637. The number of ether oxygens (including phenoxy) is 1. The number of thiazole rings is 1. The van der Waals surface area contributed by atoms with Gasteiger partial charge in [-0.1, -0.05) is 49.4 Å². The lowest BCUT2D eigenvalue weighted by Gasteiger charge is -2.17. The van der Waals surface area contributed by atoms with Crippen molar-refractivity contribution < 1.29 is 14.3 Å². The van der Waals surface area contributed by atoms with E-state index >= 15 is 0 Å². The lowest BCUT2D eigenvalue weighted by atomic mass is 10.1. The van der Waals surface area contributed by atoms with E-state index in [1.807, 2.05) is 41.8 Å². The monoisotopic (exact) mass is 406 g/mol. The van der Waals surface area contributed by atoms with E-state index in [0.29, 0.717) is 12.2 Å². The number of fused-ring (bicyclic) bond motifs is 1. The molecular formula is C23H22N2O3S. The average molecular weight is 407 g/mol. The quantitative estimate of drug-likeness (QED) is 0.580. The molecule has 2 heterocycles. The fourth-order valence-corrected chi connectivity index (χ4v) is 4.25. The molecule has 1 aromatic heterocycles. The zero-order valence-corrected chi connectivity index (χ0v) is 17.1. The Kier molecular flexibility index (Phi) is 5.71. The van der Waals surface area contributed by atoms with E-state index < -0.39 is 5.97 Å². The van der Waals surface area contributed by atoms with Gasteiger partial charge in [0, 0.05) is 23.2 Å². The van der Waals surface area contributed by atoms with Crippen molar-refractivity contribution in [3.63, 3.8) is 0 Å². The van der Waals surface area contributed by atoms with Crippen LogP contribution in [0.4, 0.5) is 5.69 Å². The third-order valence-corrected chi connectivity index (χ3v) is 5.97. The summed E-state index contributed by atoms with van der Waals surface area (Å²) in [6, 6.07) is 16.1. The van der Waals surface area contributed by atoms with Crippen LogP contribution < -0.4 is 4.90 Å². The molecule has 1 aliphatic heterocycles. The van der Waals surface area contributed by atoms with Crippen molar-refractivity contribution >= 4 is 28.9 Å². The number of carbonyl (C=O) groups excluding carboxylic acids is 2. The number of hydrogen-bond donors (Lipinski definition) is 0. The molecule has 0 atom stereocenters. The summed E-state index contributed by atoms with van der Waals surface area (Å²) < 4.78 is 5.21. The predicted molar refractivity (Wildman–Crippen MR) is 114 cm³/mol. The van der Waals surface area contributed by atoms with Crippen LogP contribution in [0.1, 0.15) is 23.7 Å². The summed E-state index contributed by atoms with van der Waals surface area (Å²) in [5.41, 5.74) is 5.03. The molecule has 0 radical (unpaired) electrons. The number of amides is 1. The molecule has 0 saturated carbocycles. The first-order chi connectivity index (χ1) is 14.1. The van der Waals surface area contributed by atoms with Gasteiger partial charge in [-0.15, -0.1) is 11.3 Å². The van der Waals surface area contributed by atoms with E-state index in [2.05, 4.69) is 24.0 Å². The first kappa shape index (κ1) is 19.3. The SMILES string of the molecule is CCc1ccc(-c2nc(CC(=O)OCC(=O)N3CCc4ccccc43)cs2)cc1. The summed E-state index contributed by atoms with van der Waals surface area (Å²) in [4.78, 5) is 30.8. The zero-order valence-electron chi connectivity index (χ0n) is 16.3. The first-order valence-electron chi connectivity index (χ1n) is 9.71. The molecule has 5 nitrogen and oxygen atoms in total. The molecule has 0 spiro atoms. The van der Waals surface area contributed by atoms with Gasteiger partial charge in [0.1, 0.15) is 5.01 Å². The second kappa shape index (κ2) is 8.57. The molecule has 0 bridgehead atoms. The molecule has 1 amide bonds. The van der Waals surface area contributed by atoms with Crippen LogP contribution in [-0.2, 0) is 33.6 Å². The standard InChI is InChI=1S/C23H22N2O3S/c1-2-16-7-9-18(10-8-16)23-24-19(15-29-23)13-22(27)28-14-21(26)25-12-11-17-5-3-4-6-20(17)25/h3-10,15H,2,11-14H2,1H3. The summed E-state index contributed by atoms with van der Waals surface area (Å²) in [7, 11) is 0. The van der Waals surface area contributed by atoms with Crippen LogP contribution >= 0.6 is 11.3 Å². The Morgan fingerprint density at radius 3 is 2.72 bits per heavy atom. The van der Waals surface area contributed by atoms with Crippen molar-refractivity contribution in [2.75, 3.05) is 18.1 Å². The average Bonchev–Trinajstić information content (AvgIpc) is 3.39. The van der Waals surface area contributed by atoms with Gasteiger partial charge >= 0.3 is 5.97 Å². The number of carbonyl (C=O) groups is 2. The molecule has 0 aliphatic carbocycles. The number of anilines is 1. The minimum atomic E-state index is -0.441. The predicted octanol–water partition coefficient (Wildman–Crippen LogP) is 4.05. The molecule has 0 unspecified atom stereocenters. The molecule has 3 aromatic rings. The van der Waals surface area contributed by atoms with Gasteiger partial charge in [0.2, 0.25) is 0 Å². The highest BCUT2D eigenvalue weighted by Gasteiger charge is 2.25. The molecular weight excluding hydrogens is 384 g/mol. The van der Waals surface area contributed by atoms with Crippen LogP contribution in [0.2, 0.25) is 0 Å². The number of aryl methyl sites for hydroxylation is 1. The van der Waals surface area contributed by atoms with Crippen LogP contribution in [0.5, 0.6) is 0 Å². The van der Waals surface area contributed by atoms with Crippen LogP contribution in [-0.4, -0.2) is 30.0 Å². The number of para-hydroxylation sites is 1. The van der Waals surface area contributed by atoms with Gasteiger partial charge in [-0.25, -0.2) is 4.98 Å². The van der Waals surface area contributed by atoms with Crippen molar-refractivity contribution in [3.05, 3.63) is 70.7 Å². The van der Waals surface area contributed by atoms with E-state index in [-0.39, 0.29) is 18.9 Å². The normalized spacial score (nSPS) is 12.7. The van der Waals surface area contributed by atoms with E-state index in [1.165, 1.54) is 16.9 Å². The van der Waals surface area contributed by atoms with Gasteiger partial charge < -0.3 is 9.64 Å². The van der Waals surface area contributed by atoms with Gasteiger partial charge in [0.05, 0.1) is 12.1 Å². The fourth-order valence-electron chi connectivity index (χ4n) is 3.42. The Morgan fingerprint density at radius 2 is 1.93 bits per heavy atom. The van der Waals surface area contributed by atoms with Crippen LogP contribution in [0.25, 0.3) is 10.6 Å². The van der Waals surface area contributed by atoms with Crippen molar-refractivity contribution in [1.29, 1.82) is 0 Å². The van der Waals surface area contributed by atoms with Crippen LogP contribution in [0.3, 0.4) is 0 Å². The maximum atomic E-state index is 12.4. The maximum Gasteiger partial charge on any atom is 0.312 e. The second-order valence-corrected chi connectivity index (χ2v) is 7.81. The minimum Gasteiger partial charge on any atom is -0.455 e. The molecule has 148 valence electrons. The van der Waals surface area contributed by atoms with E-state index in [9.17, 15) is 9.59 Å².